The minimum atomic E-state index is -1.16. The summed E-state index contributed by atoms with van der Waals surface area (Å²) in [5.74, 6) is -2.27. The molecule has 0 aromatic heterocycles. The van der Waals surface area contributed by atoms with Gasteiger partial charge in [0.2, 0.25) is 0 Å². The van der Waals surface area contributed by atoms with E-state index >= 15 is 0 Å². The molecular formula is C46H28. The predicted molar refractivity (Wildman–Crippen MR) is 198 cm³/mol. The van der Waals surface area contributed by atoms with E-state index in [1.807, 2.05) is 48.5 Å². The lowest BCUT2D eigenvalue weighted by atomic mass is 9.74. The van der Waals surface area contributed by atoms with Gasteiger partial charge in [0.05, 0.1) is 11.0 Å². The van der Waals surface area contributed by atoms with Crippen molar-refractivity contribution >= 4 is 70.7 Å². The summed E-state index contributed by atoms with van der Waals surface area (Å²) in [6.45, 7) is 0. The Balaban J connectivity index is 1.33. The molecule has 0 N–H and O–H groups in total. The van der Waals surface area contributed by atoms with Crippen LogP contribution in [0.2, 0.25) is 0 Å². The Morgan fingerprint density at radius 1 is 0.435 bits per heavy atom. The highest BCUT2D eigenvalue weighted by atomic mass is 14.3. The molecule has 0 aliphatic heterocycles. The van der Waals surface area contributed by atoms with Gasteiger partial charge in [-0.3, -0.25) is 0 Å². The highest BCUT2D eigenvalue weighted by Crippen LogP contribution is 2.48. The molecule has 9 aromatic carbocycles. The molecule has 2 aliphatic carbocycles. The summed E-state index contributed by atoms with van der Waals surface area (Å²) in [7, 11) is 0. The van der Waals surface area contributed by atoms with Crippen molar-refractivity contribution in [2.45, 2.75) is 5.92 Å². The van der Waals surface area contributed by atoms with Crippen LogP contribution in [0.3, 0.4) is 0 Å². The van der Waals surface area contributed by atoms with Gasteiger partial charge >= 0.3 is 0 Å². The first-order valence-corrected chi connectivity index (χ1v) is 15.7. The maximum absolute atomic E-state index is 10.2. The first kappa shape index (κ1) is 18.3. The summed E-state index contributed by atoms with van der Waals surface area (Å²) in [5, 5.41) is 12.4. The van der Waals surface area contributed by atoms with E-state index in [1.54, 1.807) is 0 Å². The van der Waals surface area contributed by atoms with Gasteiger partial charge in [-0.25, -0.2) is 0 Å². The molecule has 11 rings (SSSR count). The summed E-state index contributed by atoms with van der Waals surface area (Å²) < 4.78 is 74.3. The summed E-state index contributed by atoms with van der Waals surface area (Å²) in [6.07, 6.45) is 0. The second-order valence-electron chi connectivity index (χ2n) is 12.5. The number of hydrogen-bond acceptors (Lipinski definition) is 0. The molecule has 0 amide bonds. The molecule has 0 spiro atoms. The largest absolute Gasteiger partial charge is 0.0767 e. The zero-order chi connectivity index (χ0) is 36.9. The number of allylic oxidation sites excluding steroid dienone is 5. The van der Waals surface area contributed by atoms with Crippen LogP contribution >= 0.6 is 0 Å². The number of fused-ring (bicyclic) bond motifs is 3. The van der Waals surface area contributed by atoms with Gasteiger partial charge in [0, 0.05) is 11.8 Å². The molecule has 2 unspecified atom stereocenters. The van der Waals surface area contributed by atoms with Crippen molar-refractivity contribution < 1.29 is 11.0 Å². The third-order valence-corrected chi connectivity index (χ3v) is 10.1. The van der Waals surface area contributed by atoms with Crippen molar-refractivity contribution in [1.82, 2.24) is 0 Å². The first-order chi connectivity index (χ1) is 26.2. The number of rotatable bonds is 2. The smallest absolute Gasteiger partial charge is 0.0636 e. The minimum Gasteiger partial charge on any atom is -0.0767 e. The SMILES string of the molecule is [2H]C1=C([2H])C2C([2H])=C([2H])c3c(-c4ccc5ccc6cccc7ccc4c5c67)c([2H])c(-c4ccc5ccc6cccc7ccc4c5c67)c([2H])c3C2C([2H])=C1[2H]. The maximum Gasteiger partial charge on any atom is 0.0636 e. The highest BCUT2D eigenvalue weighted by Gasteiger charge is 2.28. The van der Waals surface area contributed by atoms with E-state index in [-0.39, 0.29) is 47.4 Å². The summed E-state index contributed by atoms with van der Waals surface area (Å²) in [5.41, 5.74) is 2.54. The average Bonchev–Trinajstić information content (AvgIpc) is 3.19. The van der Waals surface area contributed by atoms with Crippen LogP contribution in [-0.2, 0) is 0 Å². The van der Waals surface area contributed by atoms with E-state index in [1.165, 1.54) is 0 Å². The van der Waals surface area contributed by atoms with Crippen molar-refractivity contribution in [3.8, 4) is 22.3 Å². The van der Waals surface area contributed by atoms with Crippen molar-refractivity contribution in [3.05, 3.63) is 163 Å². The fourth-order valence-electron chi connectivity index (χ4n) is 8.06. The van der Waals surface area contributed by atoms with Gasteiger partial charge in [-0.05, 0) is 110 Å². The second kappa shape index (κ2) is 8.93. The van der Waals surface area contributed by atoms with Crippen LogP contribution in [0.1, 0.15) is 28.0 Å². The zero-order valence-corrected chi connectivity index (χ0v) is 24.5. The molecule has 46 heavy (non-hydrogen) atoms. The van der Waals surface area contributed by atoms with Gasteiger partial charge in [-0.2, -0.15) is 0 Å². The molecule has 0 heteroatoms. The molecule has 2 atom stereocenters. The van der Waals surface area contributed by atoms with Crippen molar-refractivity contribution in [3.63, 3.8) is 0 Å². The molecule has 212 valence electrons. The maximum atomic E-state index is 10.2. The zero-order valence-electron chi connectivity index (χ0n) is 32.5. The van der Waals surface area contributed by atoms with Crippen LogP contribution in [0.5, 0.6) is 0 Å². The van der Waals surface area contributed by atoms with Crippen LogP contribution < -0.4 is 0 Å². The fourth-order valence-corrected chi connectivity index (χ4v) is 8.06. The fraction of sp³-hybridized carbons (Fsp3) is 0.0435. The normalized spacial score (nSPS) is 21.0. The molecule has 2 aliphatic rings. The highest BCUT2D eigenvalue weighted by molar-refractivity contribution is 6.27. The van der Waals surface area contributed by atoms with Gasteiger partial charge in [-0.1, -0.05) is 146 Å². The van der Waals surface area contributed by atoms with Gasteiger partial charge in [-0.15, -0.1) is 0 Å². The minimum absolute atomic E-state index is 0.0417. The molecule has 0 saturated heterocycles. The third-order valence-electron chi connectivity index (χ3n) is 10.1. The van der Waals surface area contributed by atoms with E-state index in [2.05, 4.69) is 60.7 Å². The molecule has 0 saturated carbocycles. The Morgan fingerprint density at radius 3 is 1.61 bits per heavy atom. The predicted octanol–water partition coefficient (Wildman–Crippen LogP) is 12.7. The third kappa shape index (κ3) is 3.23. The van der Waals surface area contributed by atoms with Crippen LogP contribution in [0.4, 0.5) is 0 Å². The van der Waals surface area contributed by atoms with E-state index in [9.17, 15) is 6.85 Å². The number of benzene rings is 9. The Morgan fingerprint density at radius 2 is 0.957 bits per heavy atom. The number of hydrogen-bond donors (Lipinski definition) is 0. The van der Waals surface area contributed by atoms with Gasteiger partial charge in [0.1, 0.15) is 0 Å². The molecule has 0 heterocycles. The van der Waals surface area contributed by atoms with Crippen LogP contribution in [0.15, 0.2) is 152 Å². The van der Waals surface area contributed by atoms with E-state index in [0.717, 1.165) is 64.6 Å². The Hall–Kier alpha value is -5.72. The van der Waals surface area contributed by atoms with E-state index in [4.69, 9.17) is 4.11 Å². The summed E-state index contributed by atoms with van der Waals surface area (Å²) >= 11 is 0. The quantitative estimate of drug-likeness (QED) is 0.176. The summed E-state index contributed by atoms with van der Waals surface area (Å²) in [6, 6.07) is 35.1. The van der Waals surface area contributed by atoms with Crippen molar-refractivity contribution in [2.24, 2.45) is 5.92 Å². The van der Waals surface area contributed by atoms with Crippen LogP contribution in [0, 0.1) is 5.92 Å². The van der Waals surface area contributed by atoms with Crippen molar-refractivity contribution in [1.29, 1.82) is 0 Å². The van der Waals surface area contributed by atoms with Gasteiger partial charge < -0.3 is 0 Å². The van der Waals surface area contributed by atoms with Gasteiger partial charge in [0.15, 0.2) is 0 Å². The van der Waals surface area contributed by atoms with E-state index < -0.39 is 23.9 Å². The second-order valence-corrected chi connectivity index (χ2v) is 12.5. The Bertz CT molecular complexity index is 3230. The average molecular weight is 589 g/mol. The standard InChI is InChI=1S/C46H28/c1-2-10-35-27(5-1)15-21-38-41(35)25-34(36-20-16-32-13-11-28-6-3-8-30-18-23-39(36)45(32)43(28)30)26-42(38)37-22-17-33-14-12-29-7-4-9-31-19-24-40(37)46(33)44(29)31/h1-27,35H/i1D,2D,5D,10D,15D,21D,25D,26D. The lowest BCUT2D eigenvalue weighted by Crippen LogP contribution is -2.14. The van der Waals surface area contributed by atoms with Crippen LogP contribution in [-0.4, -0.2) is 0 Å². The van der Waals surface area contributed by atoms with Gasteiger partial charge in [0.25, 0.3) is 0 Å². The van der Waals surface area contributed by atoms with E-state index in [0.29, 0.717) is 22.3 Å². The first-order valence-electron chi connectivity index (χ1n) is 19.7. The summed E-state index contributed by atoms with van der Waals surface area (Å²) in [4.78, 5) is 0. The monoisotopic (exact) mass is 588 g/mol. The Labute approximate surface area is 278 Å². The molecule has 9 aromatic rings. The molecule has 0 bridgehead atoms. The topological polar surface area (TPSA) is 0 Å². The molecular weight excluding hydrogens is 553 g/mol. The molecule has 0 radical (unpaired) electrons. The van der Waals surface area contributed by atoms with Crippen molar-refractivity contribution in [2.75, 3.05) is 0 Å². The molecule has 0 nitrogen and oxygen atoms in total. The molecule has 0 fully saturated rings. The van der Waals surface area contributed by atoms with Crippen LogP contribution in [0.25, 0.3) is 92.9 Å². The lowest BCUT2D eigenvalue weighted by molar-refractivity contribution is 0.693. The Kier molecular flexibility index (Phi) is 3.55. The lowest BCUT2D eigenvalue weighted by Gasteiger charge is -2.30.